The van der Waals surface area contributed by atoms with E-state index in [9.17, 15) is 4.39 Å². The van der Waals surface area contributed by atoms with Crippen LogP contribution >= 0.6 is 23.2 Å². The minimum absolute atomic E-state index is 0.216. The Balaban J connectivity index is 1.87. The fourth-order valence-electron chi connectivity index (χ4n) is 2.13. The number of nitrogens with one attached hydrogen (secondary N) is 1. The van der Waals surface area contributed by atoms with Crippen LogP contribution in [0.4, 0.5) is 4.39 Å². The summed E-state index contributed by atoms with van der Waals surface area (Å²) in [5.74, 6) is -0.216. The van der Waals surface area contributed by atoms with Crippen molar-refractivity contribution in [2.45, 2.75) is 25.4 Å². The van der Waals surface area contributed by atoms with E-state index < -0.39 is 0 Å². The normalized spacial score (nSPS) is 14.6. The summed E-state index contributed by atoms with van der Waals surface area (Å²) in [5.41, 5.74) is 2.17. The first kappa shape index (κ1) is 13.9. The molecule has 2 aromatic rings. The summed E-state index contributed by atoms with van der Waals surface area (Å²) < 4.78 is 14.1. The molecule has 1 aliphatic carbocycles. The molecule has 0 amide bonds. The highest BCUT2D eigenvalue weighted by Gasteiger charge is 2.20. The fraction of sp³-hybridized carbons (Fsp3) is 0.250. The van der Waals surface area contributed by atoms with Crippen LogP contribution in [0.3, 0.4) is 0 Å². The molecule has 1 saturated carbocycles. The van der Waals surface area contributed by atoms with Crippen LogP contribution < -0.4 is 5.32 Å². The predicted molar refractivity (Wildman–Crippen MR) is 81.7 cm³/mol. The Morgan fingerprint density at radius 2 is 1.95 bits per heavy atom. The number of benzene rings is 2. The fourth-order valence-corrected chi connectivity index (χ4v) is 2.54. The smallest absolute Gasteiger partial charge is 0.128 e. The van der Waals surface area contributed by atoms with Crippen LogP contribution in [0.25, 0.3) is 11.1 Å². The monoisotopic (exact) mass is 309 g/mol. The molecule has 1 aliphatic rings. The topological polar surface area (TPSA) is 12.0 Å². The lowest BCUT2D eigenvalue weighted by Gasteiger charge is -2.09. The van der Waals surface area contributed by atoms with Crippen molar-refractivity contribution >= 4 is 23.2 Å². The molecule has 4 heteroatoms. The van der Waals surface area contributed by atoms with Crippen LogP contribution in [0.5, 0.6) is 0 Å². The molecular formula is C16H14Cl2FN. The van der Waals surface area contributed by atoms with Crippen molar-refractivity contribution in [1.82, 2.24) is 5.32 Å². The molecule has 1 N–H and O–H groups in total. The number of hydrogen-bond acceptors (Lipinski definition) is 1. The Morgan fingerprint density at radius 1 is 1.15 bits per heavy atom. The molecule has 1 fully saturated rings. The van der Waals surface area contributed by atoms with Crippen molar-refractivity contribution in [3.63, 3.8) is 0 Å². The van der Waals surface area contributed by atoms with E-state index >= 15 is 0 Å². The van der Waals surface area contributed by atoms with Gasteiger partial charge in [-0.2, -0.15) is 0 Å². The third kappa shape index (κ3) is 2.98. The Morgan fingerprint density at radius 3 is 2.65 bits per heavy atom. The zero-order valence-corrected chi connectivity index (χ0v) is 12.3. The van der Waals surface area contributed by atoms with E-state index in [1.807, 2.05) is 18.2 Å². The van der Waals surface area contributed by atoms with Gasteiger partial charge in [0.25, 0.3) is 0 Å². The van der Waals surface area contributed by atoms with Crippen LogP contribution in [0.2, 0.25) is 10.0 Å². The van der Waals surface area contributed by atoms with E-state index in [4.69, 9.17) is 23.2 Å². The maximum Gasteiger partial charge on any atom is 0.128 e. The summed E-state index contributed by atoms with van der Waals surface area (Å²) >= 11 is 12.2. The summed E-state index contributed by atoms with van der Waals surface area (Å²) in [6, 6.07) is 11.1. The van der Waals surface area contributed by atoms with Gasteiger partial charge in [-0.15, -0.1) is 0 Å². The van der Waals surface area contributed by atoms with Gasteiger partial charge in [0.05, 0.1) is 10.0 Å². The molecule has 0 spiro atoms. The van der Waals surface area contributed by atoms with Crippen molar-refractivity contribution in [2.75, 3.05) is 0 Å². The molecule has 1 nitrogen and oxygen atoms in total. The van der Waals surface area contributed by atoms with E-state index in [0.717, 1.165) is 11.1 Å². The van der Waals surface area contributed by atoms with Crippen LogP contribution in [0, 0.1) is 5.82 Å². The minimum Gasteiger partial charge on any atom is -0.310 e. The SMILES string of the molecule is Fc1cc(-c2cccc(Cl)c2Cl)ccc1CNC1CC1. The predicted octanol–water partition coefficient (Wildman–Crippen LogP) is 5.05. The molecule has 2 aromatic carbocycles. The molecule has 0 radical (unpaired) electrons. The molecule has 0 aliphatic heterocycles. The standard InChI is InChI=1S/C16H14Cl2FN/c17-14-3-1-2-13(16(14)18)10-4-5-11(15(19)8-10)9-20-12-6-7-12/h1-5,8,12,20H,6-7,9H2. The highest BCUT2D eigenvalue weighted by molar-refractivity contribution is 6.43. The summed E-state index contributed by atoms with van der Waals surface area (Å²) in [6.07, 6.45) is 2.38. The lowest BCUT2D eigenvalue weighted by atomic mass is 10.0. The molecular weight excluding hydrogens is 296 g/mol. The van der Waals surface area contributed by atoms with Crippen molar-refractivity contribution in [3.05, 3.63) is 57.8 Å². The van der Waals surface area contributed by atoms with Crippen molar-refractivity contribution in [3.8, 4) is 11.1 Å². The Kier molecular flexibility index (Phi) is 3.97. The number of rotatable bonds is 4. The first-order chi connectivity index (χ1) is 9.65. The first-order valence-electron chi connectivity index (χ1n) is 6.61. The average Bonchev–Trinajstić information content (AvgIpc) is 3.25. The first-order valence-corrected chi connectivity index (χ1v) is 7.37. The van der Waals surface area contributed by atoms with Crippen molar-refractivity contribution in [2.24, 2.45) is 0 Å². The van der Waals surface area contributed by atoms with Gasteiger partial charge in [-0.05, 0) is 30.5 Å². The van der Waals surface area contributed by atoms with Crippen LogP contribution in [-0.4, -0.2) is 6.04 Å². The average molecular weight is 310 g/mol. The van der Waals surface area contributed by atoms with E-state index in [2.05, 4.69) is 5.32 Å². The lowest BCUT2D eigenvalue weighted by Crippen LogP contribution is -2.16. The summed E-state index contributed by atoms with van der Waals surface area (Å²) in [6.45, 7) is 0.570. The van der Waals surface area contributed by atoms with Crippen LogP contribution in [-0.2, 0) is 6.54 Å². The van der Waals surface area contributed by atoms with Gasteiger partial charge < -0.3 is 5.32 Å². The quantitative estimate of drug-likeness (QED) is 0.833. The van der Waals surface area contributed by atoms with E-state index in [1.165, 1.54) is 18.9 Å². The summed E-state index contributed by atoms with van der Waals surface area (Å²) in [5, 5.41) is 4.24. The highest BCUT2D eigenvalue weighted by atomic mass is 35.5. The Labute approximate surface area is 127 Å². The van der Waals surface area contributed by atoms with Gasteiger partial charge in [-0.3, -0.25) is 0 Å². The molecule has 0 heterocycles. The molecule has 0 unspecified atom stereocenters. The van der Waals surface area contributed by atoms with Gasteiger partial charge in [-0.1, -0.05) is 47.5 Å². The molecule has 0 bridgehead atoms. The largest absolute Gasteiger partial charge is 0.310 e. The molecule has 0 saturated heterocycles. The second-order valence-electron chi connectivity index (χ2n) is 5.06. The second kappa shape index (κ2) is 5.72. The maximum absolute atomic E-state index is 14.1. The highest BCUT2D eigenvalue weighted by Crippen LogP contribution is 2.34. The van der Waals surface area contributed by atoms with Crippen molar-refractivity contribution < 1.29 is 4.39 Å². The summed E-state index contributed by atoms with van der Waals surface area (Å²) in [7, 11) is 0. The molecule has 104 valence electrons. The zero-order chi connectivity index (χ0) is 14.1. The Bertz CT molecular complexity index is 638. The number of halogens is 3. The molecule has 3 rings (SSSR count). The third-order valence-electron chi connectivity index (χ3n) is 3.47. The molecule has 20 heavy (non-hydrogen) atoms. The van der Waals surface area contributed by atoms with Gasteiger partial charge in [0.2, 0.25) is 0 Å². The van der Waals surface area contributed by atoms with E-state index in [1.54, 1.807) is 12.1 Å². The maximum atomic E-state index is 14.1. The van der Waals surface area contributed by atoms with Crippen molar-refractivity contribution in [1.29, 1.82) is 0 Å². The molecule has 0 aromatic heterocycles. The van der Waals surface area contributed by atoms with Crippen LogP contribution in [0.15, 0.2) is 36.4 Å². The lowest BCUT2D eigenvalue weighted by molar-refractivity contribution is 0.587. The van der Waals surface area contributed by atoms with E-state index in [-0.39, 0.29) is 5.82 Å². The third-order valence-corrected chi connectivity index (χ3v) is 4.29. The Hall–Kier alpha value is -1.09. The van der Waals surface area contributed by atoms with E-state index in [0.29, 0.717) is 28.2 Å². The molecule has 0 atom stereocenters. The number of hydrogen-bond donors (Lipinski definition) is 1. The zero-order valence-electron chi connectivity index (χ0n) is 10.8. The van der Waals surface area contributed by atoms with Gasteiger partial charge in [0.1, 0.15) is 5.82 Å². The minimum atomic E-state index is -0.216. The van der Waals surface area contributed by atoms with Gasteiger partial charge >= 0.3 is 0 Å². The van der Waals surface area contributed by atoms with Gasteiger partial charge in [0, 0.05) is 23.7 Å². The van der Waals surface area contributed by atoms with Gasteiger partial charge in [0.15, 0.2) is 0 Å². The summed E-state index contributed by atoms with van der Waals surface area (Å²) in [4.78, 5) is 0. The van der Waals surface area contributed by atoms with Gasteiger partial charge in [-0.25, -0.2) is 4.39 Å². The second-order valence-corrected chi connectivity index (χ2v) is 5.85. The van der Waals surface area contributed by atoms with Crippen LogP contribution in [0.1, 0.15) is 18.4 Å².